The van der Waals surface area contributed by atoms with Crippen LogP contribution in [-0.2, 0) is 4.74 Å². The number of hydrogen-bond acceptors (Lipinski definition) is 3. The quantitative estimate of drug-likeness (QED) is 0.851. The zero-order chi connectivity index (χ0) is 14.1. The second-order valence-corrected chi connectivity index (χ2v) is 7.69. The third kappa shape index (κ3) is 3.14. The number of nitrogens with one attached hydrogen (secondary N) is 1. The molecule has 1 heterocycles. The van der Waals surface area contributed by atoms with Gasteiger partial charge in [0.25, 0.3) is 0 Å². The van der Waals surface area contributed by atoms with Gasteiger partial charge < -0.3 is 10.1 Å². The van der Waals surface area contributed by atoms with Crippen LogP contribution >= 0.6 is 0 Å². The highest BCUT2D eigenvalue weighted by atomic mass is 16.5. The van der Waals surface area contributed by atoms with E-state index in [4.69, 9.17) is 4.74 Å². The molecule has 3 heteroatoms. The summed E-state index contributed by atoms with van der Waals surface area (Å²) in [6, 6.07) is 1.10. The number of rotatable bonds is 3. The third-order valence-corrected chi connectivity index (χ3v) is 5.19. The summed E-state index contributed by atoms with van der Waals surface area (Å²) in [5, 5.41) is 3.84. The van der Waals surface area contributed by atoms with Gasteiger partial charge in [-0.15, -0.1) is 0 Å². The van der Waals surface area contributed by atoms with Crippen molar-refractivity contribution in [3.05, 3.63) is 0 Å². The Kier molecular flexibility index (Phi) is 4.59. The lowest BCUT2D eigenvalue weighted by Crippen LogP contribution is -2.68. The summed E-state index contributed by atoms with van der Waals surface area (Å²) >= 11 is 0. The number of ether oxygens (including phenoxy) is 1. The fraction of sp³-hybridized carbons (Fsp3) is 1.00. The molecule has 1 aliphatic carbocycles. The lowest BCUT2D eigenvalue weighted by Gasteiger charge is -2.53. The van der Waals surface area contributed by atoms with Crippen molar-refractivity contribution in [3.8, 4) is 0 Å². The van der Waals surface area contributed by atoms with E-state index < -0.39 is 0 Å². The molecule has 0 aromatic rings. The van der Waals surface area contributed by atoms with Crippen LogP contribution in [0.25, 0.3) is 0 Å². The molecule has 1 N–H and O–H groups in total. The van der Waals surface area contributed by atoms with Crippen LogP contribution < -0.4 is 5.32 Å². The molecule has 2 atom stereocenters. The van der Waals surface area contributed by atoms with E-state index in [0.717, 1.165) is 19.7 Å². The van der Waals surface area contributed by atoms with E-state index in [9.17, 15) is 0 Å². The van der Waals surface area contributed by atoms with Crippen LogP contribution in [0.3, 0.4) is 0 Å². The van der Waals surface area contributed by atoms with Crippen molar-refractivity contribution in [1.29, 1.82) is 0 Å². The van der Waals surface area contributed by atoms with Crippen molar-refractivity contribution in [3.63, 3.8) is 0 Å². The normalized spacial score (nSPS) is 29.8. The van der Waals surface area contributed by atoms with E-state index in [1.807, 2.05) is 7.11 Å². The number of nitrogens with zero attached hydrogens (tertiary/aromatic N) is 1. The largest absolute Gasteiger partial charge is 0.383 e. The van der Waals surface area contributed by atoms with Gasteiger partial charge in [-0.3, -0.25) is 4.90 Å². The topological polar surface area (TPSA) is 24.5 Å². The van der Waals surface area contributed by atoms with Crippen molar-refractivity contribution in [2.24, 2.45) is 5.41 Å². The monoisotopic (exact) mass is 268 g/mol. The molecule has 1 saturated carbocycles. The molecule has 0 radical (unpaired) electrons. The Hall–Kier alpha value is -0.120. The average Bonchev–Trinajstić information content (AvgIpc) is 2.77. The van der Waals surface area contributed by atoms with E-state index in [0.29, 0.717) is 23.0 Å². The van der Waals surface area contributed by atoms with Crippen molar-refractivity contribution in [2.45, 2.75) is 71.0 Å². The molecule has 2 fully saturated rings. The summed E-state index contributed by atoms with van der Waals surface area (Å²) in [6.07, 6.45) is 5.48. The minimum absolute atomic E-state index is 0.325. The van der Waals surface area contributed by atoms with E-state index in [-0.39, 0.29) is 0 Å². The number of piperazine rings is 1. The van der Waals surface area contributed by atoms with Crippen LogP contribution in [0.4, 0.5) is 0 Å². The molecule has 0 bridgehead atoms. The van der Waals surface area contributed by atoms with Gasteiger partial charge in [-0.2, -0.15) is 0 Å². The number of hydrogen-bond donors (Lipinski definition) is 1. The molecule has 1 aliphatic heterocycles. The van der Waals surface area contributed by atoms with Gasteiger partial charge in [-0.25, -0.2) is 0 Å². The summed E-state index contributed by atoms with van der Waals surface area (Å²) in [5.74, 6) is 0. The second-order valence-electron chi connectivity index (χ2n) is 7.69. The van der Waals surface area contributed by atoms with Crippen molar-refractivity contribution < 1.29 is 4.74 Å². The van der Waals surface area contributed by atoms with Gasteiger partial charge in [0, 0.05) is 37.8 Å². The maximum Gasteiger partial charge on any atom is 0.0615 e. The maximum absolute atomic E-state index is 5.42. The molecule has 2 rings (SSSR count). The second kappa shape index (κ2) is 5.71. The van der Waals surface area contributed by atoms with Gasteiger partial charge in [0.1, 0.15) is 0 Å². The smallest absolute Gasteiger partial charge is 0.0615 e. The van der Waals surface area contributed by atoms with E-state index in [2.05, 4.69) is 37.9 Å². The first-order chi connectivity index (χ1) is 8.89. The minimum atomic E-state index is 0.325. The summed E-state index contributed by atoms with van der Waals surface area (Å²) in [5.41, 5.74) is 0.727. The van der Waals surface area contributed by atoms with Crippen molar-refractivity contribution >= 4 is 0 Å². The zero-order valence-electron chi connectivity index (χ0n) is 13.5. The van der Waals surface area contributed by atoms with E-state index in [1.165, 1.54) is 25.7 Å². The van der Waals surface area contributed by atoms with Crippen LogP contribution in [0.2, 0.25) is 0 Å². The first-order valence-electron chi connectivity index (χ1n) is 7.88. The first kappa shape index (κ1) is 15.3. The Bertz CT molecular complexity index is 292. The predicted octanol–water partition coefficient (Wildman–Crippen LogP) is 2.65. The fourth-order valence-electron chi connectivity index (χ4n) is 3.93. The minimum Gasteiger partial charge on any atom is -0.383 e. The van der Waals surface area contributed by atoms with Gasteiger partial charge >= 0.3 is 0 Å². The highest BCUT2D eigenvalue weighted by Crippen LogP contribution is 2.40. The van der Waals surface area contributed by atoms with Gasteiger partial charge in [-0.1, -0.05) is 33.6 Å². The molecule has 1 saturated heterocycles. The average molecular weight is 268 g/mol. The Morgan fingerprint density at radius 3 is 2.47 bits per heavy atom. The molecular formula is C16H32N2O. The predicted molar refractivity (Wildman–Crippen MR) is 80.5 cm³/mol. The SMILES string of the molecule is COCC(C)N1CC(C(C)(C)C)NCC12CCCC2. The standard InChI is InChI=1S/C16H32N2O/c1-13(11-19-5)18-10-14(15(2,3)4)17-12-16(18)8-6-7-9-16/h13-14,17H,6-12H2,1-5H3. The van der Waals surface area contributed by atoms with E-state index >= 15 is 0 Å². The van der Waals surface area contributed by atoms with Gasteiger partial charge in [-0.05, 0) is 25.2 Å². The van der Waals surface area contributed by atoms with E-state index in [1.54, 1.807) is 0 Å². The fourth-order valence-corrected chi connectivity index (χ4v) is 3.93. The Balaban J connectivity index is 2.14. The van der Waals surface area contributed by atoms with Crippen LogP contribution in [0.5, 0.6) is 0 Å². The molecule has 0 amide bonds. The molecular weight excluding hydrogens is 236 g/mol. The highest BCUT2D eigenvalue weighted by molar-refractivity contribution is 5.05. The van der Waals surface area contributed by atoms with Crippen LogP contribution in [-0.4, -0.2) is 49.3 Å². The molecule has 0 aromatic heterocycles. The molecule has 112 valence electrons. The summed E-state index contributed by atoms with van der Waals surface area (Å²) in [6.45, 7) is 12.5. The summed E-state index contributed by atoms with van der Waals surface area (Å²) in [7, 11) is 1.82. The van der Waals surface area contributed by atoms with Crippen LogP contribution in [0.15, 0.2) is 0 Å². The highest BCUT2D eigenvalue weighted by Gasteiger charge is 2.46. The Morgan fingerprint density at radius 1 is 1.32 bits per heavy atom. The third-order valence-electron chi connectivity index (χ3n) is 5.19. The molecule has 2 aliphatic rings. The zero-order valence-corrected chi connectivity index (χ0v) is 13.5. The van der Waals surface area contributed by atoms with Crippen LogP contribution in [0.1, 0.15) is 53.4 Å². The molecule has 1 spiro atoms. The summed E-state index contributed by atoms with van der Waals surface area (Å²) in [4.78, 5) is 2.76. The maximum atomic E-state index is 5.42. The molecule has 0 aromatic carbocycles. The van der Waals surface area contributed by atoms with Gasteiger partial charge in [0.15, 0.2) is 0 Å². The number of methoxy groups -OCH3 is 1. The lowest BCUT2D eigenvalue weighted by molar-refractivity contribution is -0.0315. The lowest BCUT2D eigenvalue weighted by atomic mass is 9.80. The molecule has 19 heavy (non-hydrogen) atoms. The molecule has 2 unspecified atom stereocenters. The molecule has 3 nitrogen and oxygen atoms in total. The van der Waals surface area contributed by atoms with Gasteiger partial charge in [0.05, 0.1) is 6.61 Å². The van der Waals surface area contributed by atoms with Gasteiger partial charge in [0.2, 0.25) is 0 Å². The first-order valence-corrected chi connectivity index (χ1v) is 7.88. The van der Waals surface area contributed by atoms with Crippen molar-refractivity contribution in [2.75, 3.05) is 26.8 Å². The summed E-state index contributed by atoms with van der Waals surface area (Å²) < 4.78 is 5.42. The Labute approximate surface area is 119 Å². The Morgan fingerprint density at radius 2 is 1.95 bits per heavy atom. The van der Waals surface area contributed by atoms with Crippen molar-refractivity contribution in [1.82, 2.24) is 10.2 Å². The van der Waals surface area contributed by atoms with Crippen LogP contribution in [0, 0.1) is 5.41 Å².